The first-order valence-electron chi connectivity index (χ1n) is 6.93. The molecule has 114 valence electrons. The van der Waals surface area contributed by atoms with E-state index in [9.17, 15) is 8.42 Å². The van der Waals surface area contributed by atoms with Crippen molar-refractivity contribution in [1.82, 2.24) is 24.9 Å². The highest BCUT2D eigenvalue weighted by molar-refractivity contribution is 7.88. The zero-order valence-electron chi connectivity index (χ0n) is 11.5. The Morgan fingerprint density at radius 3 is 2.81 bits per heavy atom. The first-order valence-corrected chi connectivity index (χ1v) is 8.54. The number of hydrogen-bond donors (Lipinski definition) is 1. The molecular weight excluding hydrogens is 290 g/mol. The molecule has 0 bridgehead atoms. The number of H-pyrrole nitrogens is 1. The van der Waals surface area contributed by atoms with E-state index in [1.807, 2.05) is 30.3 Å². The fraction of sp³-hybridized carbons (Fsp3) is 0.462. The first kappa shape index (κ1) is 14.2. The molecule has 8 heteroatoms. The van der Waals surface area contributed by atoms with Gasteiger partial charge in [0.05, 0.1) is 11.8 Å². The number of tetrazole rings is 1. The summed E-state index contributed by atoms with van der Waals surface area (Å²) in [5.74, 6) is 0.452. The second-order valence-electron chi connectivity index (χ2n) is 5.13. The minimum absolute atomic E-state index is 0. The number of nitrogens with one attached hydrogen (secondary N) is 1. The Kier molecular flexibility index (Phi) is 3.98. The highest BCUT2D eigenvalue weighted by Gasteiger charge is 2.35. The van der Waals surface area contributed by atoms with E-state index in [0.717, 1.165) is 24.8 Å². The van der Waals surface area contributed by atoms with Crippen LogP contribution in [0, 0.1) is 0 Å². The van der Waals surface area contributed by atoms with Crippen LogP contribution >= 0.6 is 0 Å². The monoisotopic (exact) mass is 309 g/mol. The van der Waals surface area contributed by atoms with E-state index < -0.39 is 10.0 Å². The predicted octanol–water partition coefficient (Wildman–Crippen LogP) is 1.50. The van der Waals surface area contributed by atoms with Gasteiger partial charge in [-0.15, -0.1) is 10.2 Å². The molecule has 0 spiro atoms. The Bertz CT molecular complexity index is 678. The molecule has 1 unspecified atom stereocenters. The summed E-state index contributed by atoms with van der Waals surface area (Å²) in [5.41, 5.74) is 0.787. The average molecular weight is 309 g/mol. The smallest absolute Gasteiger partial charge is 0.212 e. The van der Waals surface area contributed by atoms with Gasteiger partial charge in [0.15, 0.2) is 5.82 Å². The van der Waals surface area contributed by atoms with Crippen LogP contribution in [0.15, 0.2) is 30.3 Å². The van der Waals surface area contributed by atoms with E-state index >= 15 is 0 Å². The van der Waals surface area contributed by atoms with Gasteiger partial charge in [0.2, 0.25) is 10.0 Å². The Morgan fingerprint density at radius 2 is 2.10 bits per heavy atom. The maximum absolute atomic E-state index is 12.7. The lowest BCUT2D eigenvalue weighted by atomic mass is 10.0. The predicted molar refractivity (Wildman–Crippen MR) is 78.7 cm³/mol. The van der Waals surface area contributed by atoms with Gasteiger partial charge in [-0.3, -0.25) is 0 Å². The summed E-state index contributed by atoms with van der Waals surface area (Å²) in [6, 6.07) is 8.90. The average Bonchev–Trinajstić information content (AvgIpc) is 3.02. The zero-order valence-corrected chi connectivity index (χ0v) is 12.3. The van der Waals surface area contributed by atoms with E-state index in [2.05, 4.69) is 20.6 Å². The molecule has 1 atom stereocenters. The van der Waals surface area contributed by atoms with Gasteiger partial charge in [-0.2, -0.15) is 9.52 Å². The van der Waals surface area contributed by atoms with Crippen LogP contribution in [0.25, 0.3) is 0 Å². The lowest BCUT2D eigenvalue weighted by Crippen LogP contribution is -2.39. The van der Waals surface area contributed by atoms with Crippen LogP contribution in [0.3, 0.4) is 0 Å². The van der Waals surface area contributed by atoms with Crippen molar-refractivity contribution in [3.8, 4) is 0 Å². The molecule has 1 aliphatic heterocycles. The first-order chi connectivity index (χ1) is 10.2. The third-order valence-electron chi connectivity index (χ3n) is 3.66. The molecule has 0 saturated carbocycles. The number of aromatic nitrogens is 4. The van der Waals surface area contributed by atoms with E-state index in [-0.39, 0.29) is 13.2 Å². The number of hydrogen-bond acceptors (Lipinski definition) is 5. The molecule has 21 heavy (non-hydrogen) atoms. The minimum Gasteiger partial charge on any atom is -0.212 e. The normalized spacial score (nSPS) is 20.5. The molecule has 3 rings (SSSR count). The molecule has 0 radical (unpaired) electrons. The van der Waals surface area contributed by atoms with E-state index in [1.54, 1.807) is 0 Å². The van der Waals surface area contributed by atoms with Crippen molar-refractivity contribution in [2.24, 2.45) is 0 Å². The van der Waals surface area contributed by atoms with Crippen LogP contribution in [-0.4, -0.2) is 39.9 Å². The Hall–Kier alpha value is -1.80. The summed E-state index contributed by atoms with van der Waals surface area (Å²) in [7, 11) is -3.40. The summed E-state index contributed by atoms with van der Waals surface area (Å²) in [6.07, 6.45) is 2.56. The molecule has 7 nitrogen and oxygen atoms in total. The molecule has 1 aliphatic rings. The Morgan fingerprint density at radius 1 is 1.29 bits per heavy atom. The van der Waals surface area contributed by atoms with Gasteiger partial charge in [0.25, 0.3) is 0 Å². The van der Waals surface area contributed by atoms with Crippen molar-refractivity contribution >= 4 is 10.0 Å². The van der Waals surface area contributed by atoms with Crippen molar-refractivity contribution < 1.29 is 9.84 Å². The summed E-state index contributed by atoms with van der Waals surface area (Å²) in [6.45, 7) is 0.508. The summed E-state index contributed by atoms with van der Waals surface area (Å²) >= 11 is 0. The largest absolute Gasteiger partial charge is 0.218 e. The number of piperidine rings is 1. The molecule has 0 aliphatic carbocycles. The number of aromatic amines is 1. The molecule has 1 fully saturated rings. The van der Waals surface area contributed by atoms with Crippen LogP contribution < -0.4 is 0 Å². The third kappa shape index (κ3) is 3.11. The van der Waals surface area contributed by atoms with Crippen molar-refractivity contribution in [3.63, 3.8) is 0 Å². The highest BCUT2D eigenvalue weighted by atomic mass is 32.2. The number of sulfonamides is 1. The maximum atomic E-state index is 12.7. The second kappa shape index (κ2) is 5.90. The van der Waals surface area contributed by atoms with Crippen molar-refractivity contribution in [2.45, 2.75) is 31.1 Å². The quantitative estimate of drug-likeness (QED) is 0.924. The number of rotatable bonds is 4. The second-order valence-corrected chi connectivity index (χ2v) is 7.06. The maximum Gasteiger partial charge on any atom is 0.218 e. The molecule has 1 aromatic carbocycles. The lowest BCUT2D eigenvalue weighted by molar-refractivity contribution is 0.246. The minimum atomic E-state index is -3.40. The molecule has 1 saturated heterocycles. The Balaban J connectivity index is 0.00000176. The van der Waals surface area contributed by atoms with Gasteiger partial charge in [-0.1, -0.05) is 42.0 Å². The van der Waals surface area contributed by atoms with Crippen molar-refractivity contribution in [2.75, 3.05) is 6.54 Å². The fourth-order valence-corrected chi connectivity index (χ4v) is 4.45. The standard InChI is InChI=1S/C13H17N5O2S.H2/c19-21(20,10-11-6-2-1-3-7-11)18-9-5-4-8-12(18)13-14-16-17-15-13;/h1-3,6-7,12H,4-5,8-10H2,(H,14,15,16,17);1H. The SMILES string of the molecule is O=S(=O)(Cc1ccccc1)N1CCCCC1c1nn[nH]n1.[HH]. The van der Waals surface area contributed by atoms with E-state index in [0.29, 0.717) is 12.4 Å². The van der Waals surface area contributed by atoms with Crippen LogP contribution in [0.5, 0.6) is 0 Å². The lowest BCUT2D eigenvalue weighted by Gasteiger charge is -2.32. The van der Waals surface area contributed by atoms with E-state index in [4.69, 9.17) is 0 Å². The zero-order chi connectivity index (χ0) is 14.7. The van der Waals surface area contributed by atoms with Gasteiger partial charge in [-0.05, 0) is 18.4 Å². The molecule has 0 amide bonds. The van der Waals surface area contributed by atoms with E-state index in [1.165, 1.54) is 4.31 Å². The number of benzene rings is 1. The van der Waals surface area contributed by atoms with Crippen LogP contribution in [-0.2, 0) is 15.8 Å². The number of nitrogens with zero attached hydrogens (tertiary/aromatic N) is 4. The summed E-state index contributed by atoms with van der Waals surface area (Å²) in [4.78, 5) is 0. The topological polar surface area (TPSA) is 91.8 Å². The summed E-state index contributed by atoms with van der Waals surface area (Å²) in [5, 5.41) is 13.9. The Labute approximate surface area is 124 Å². The third-order valence-corrected chi connectivity index (χ3v) is 5.51. The molecule has 1 aromatic heterocycles. The highest BCUT2D eigenvalue weighted by Crippen LogP contribution is 2.31. The van der Waals surface area contributed by atoms with Gasteiger partial charge < -0.3 is 0 Å². The van der Waals surface area contributed by atoms with Crippen LogP contribution in [0.4, 0.5) is 0 Å². The van der Waals surface area contributed by atoms with Crippen molar-refractivity contribution in [1.29, 1.82) is 0 Å². The van der Waals surface area contributed by atoms with Gasteiger partial charge >= 0.3 is 0 Å². The van der Waals surface area contributed by atoms with Gasteiger partial charge in [0.1, 0.15) is 0 Å². The molecule has 1 N–H and O–H groups in total. The summed E-state index contributed by atoms with van der Waals surface area (Å²) < 4.78 is 26.9. The van der Waals surface area contributed by atoms with Gasteiger partial charge in [0, 0.05) is 7.97 Å². The molecular formula is C13H19N5O2S. The van der Waals surface area contributed by atoms with Crippen LogP contribution in [0.2, 0.25) is 0 Å². The van der Waals surface area contributed by atoms with Crippen LogP contribution in [0.1, 0.15) is 38.1 Å². The van der Waals surface area contributed by atoms with Crippen molar-refractivity contribution in [3.05, 3.63) is 41.7 Å². The molecule has 2 heterocycles. The fourth-order valence-electron chi connectivity index (χ4n) is 2.67. The molecule has 2 aromatic rings. The van der Waals surface area contributed by atoms with Gasteiger partial charge in [-0.25, -0.2) is 8.42 Å².